The summed E-state index contributed by atoms with van der Waals surface area (Å²) in [7, 11) is 0. The summed E-state index contributed by atoms with van der Waals surface area (Å²) < 4.78 is 5.83. The number of ether oxygens (including phenoxy) is 1. The molecule has 0 spiro atoms. The van der Waals surface area contributed by atoms with Gasteiger partial charge in [0, 0.05) is 12.7 Å². The number of benzene rings is 1. The van der Waals surface area contributed by atoms with E-state index < -0.39 is 0 Å². The molecule has 0 aliphatic carbocycles. The van der Waals surface area contributed by atoms with Crippen LogP contribution >= 0.6 is 0 Å². The van der Waals surface area contributed by atoms with Crippen LogP contribution in [0.2, 0.25) is 0 Å². The van der Waals surface area contributed by atoms with Crippen LogP contribution in [0.5, 0.6) is 5.75 Å². The first-order chi connectivity index (χ1) is 9.69. The molecule has 3 nitrogen and oxygen atoms in total. The summed E-state index contributed by atoms with van der Waals surface area (Å²) in [6.07, 6.45) is 2.90. The van der Waals surface area contributed by atoms with Gasteiger partial charge in [-0.25, -0.2) is 4.98 Å². The first kappa shape index (κ1) is 14.4. The Morgan fingerprint density at radius 1 is 1.10 bits per heavy atom. The van der Waals surface area contributed by atoms with Crippen molar-refractivity contribution in [2.45, 2.75) is 33.8 Å². The molecule has 20 heavy (non-hydrogen) atoms. The van der Waals surface area contributed by atoms with Crippen molar-refractivity contribution >= 4 is 5.82 Å². The summed E-state index contributed by atoms with van der Waals surface area (Å²) in [6.45, 7) is 7.84. The summed E-state index contributed by atoms with van der Waals surface area (Å²) >= 11 is 0. The molecule has 0 amide bonds. The molecule has 0 unspecified atom stereocenters. The van der Waals surface area contributed by atoms with E-state index in [0.717, 1.165) is 30.1 Å². The normalized spacial score (nSPS) is 10.3. The van der Waals surface area contributed by atoms with Crippen molar-refractivity contribution in [3.05, 3.63) is 53.2 Å². The van der Waals surface area contributed by atoms with Crippen molar-refractivity contribution < 1.29 is 4.74 Å². The lowest BCUT2D eigenvalue weighted by Gasteiger charge is -2.10. The fraction of sp³-hybridized carbons (Fsp3) is 0.353. The molecule has 0 aliphatic rings. The zero-order chi connectivity index (χ0) is 14.4. The number of aromatic nitrogens is 1. The van der Waals surface area contributed by atoms with Gasteiger partial charge in [0.15, 0.2) is 0 Å². The number of aryl methyl sites for hydroxylation is 2. The second kappa shape index (κ2) is 6.94. The van der Waals surface area contributed by atoms with Crippen LogP contribution in [0, 0.1) is 13.8 Å². The van der Waals surface area contributed by atoms with Crippen LogP contribution in [0.3, 0.4) is 0 Å². The number of hydrogen-bond acceptors (Lipinski definition) is 3. The molecule has 1 aromatic carbocycles. The van der Waals surface area contributed by atoms with Gasteiger partial charge >= 0.3 is 0 Å². The number of pyridine rings is 1. The molecule has 3 heteroatoms. The minimum absolute atomic E-state index is 0.561. The van der Waals surface area contributed by atoms with Crippen LogP contribution in [0.25, 0.3) is 0 Å². The number of rotatable bonds is 6. The van der Waals surface area contributed by atoms with E-state index in [2.05, 4.69) is 43.2 Å². The highest BCUT2D eigenvalue weighted by molar-refractivity contribution is 5.38. The number of nitrogens with one attached hydrogen (secondary N) is 1. The molecule has 1 aromatic heterocycles. The highest BCUT2D eigenvalue weighted by Crippen LogP contribution is 2.18. The summed E-state index contributed by atoms with van der Waals surface area (Å²) in [5.41, 5.74) is 3.66. The van der Waals surface area contributed by atoms with Crippen molar-refractivity contribution in [1.29, 1.82) is 0 Å². The van der Waals surface area contributed by atoms with Gasteiger partial charge in [0.1, 0.15) is 18.2 Å². The van der Waals surface area contributed by atoms with Gasteiger partial charge in [-0.1, -0.05) is 13.0 Å². The lowest BCUT2D eigenvalue weighted by molar-refractivity contribution is 0.306. The second-order valence-electron chi connectivity index (χ2n) is 5.01. The zero-order valence-electron chi connectivity index (χ0n) is 12.4. The molecule has 1 heterocycles. The van der Waals surface area contributed by atoms with Crippen molar-refractivity contribution in [2.75, 3.05) is 11.9 Å². The summed E-state index contributed by atoms with van der Waals surface area (Å²) in [5, 5.41) is 3.28. The smallest absolute Gasteiger partial charge is 0.126 e. The quantitative estimate of drug-likeness (QED) is 0.858. The van der Waals surface area contributed by atoms with Gasteiger partial charge in [0.25, 0.3) is 0 Å². The minimum Gasteiger partial charge on any atom is -0.489 e. The maximum atomic E-state index is 5.83. The highest BCUT2D eigenvalue weighted by atomic mass is 16.5. The van der Waals surface area contributed by atoms with Crippen LogP contribution in [-0.2, 0) is 6.61 Å². The fourth-order valence-electron chi connectivity index (χ4n) is 1.88. The number of hydrogen-bond donors (Lipinski definition) is 1. The standard InChI is InChI=1S/C17H22N2O/c1-4-8-18-17-11-15(7-9-19-17)12-20-16-6-5-13(2)14(3)10-16/h5-7,9-11H,4,8,12H2,1-3H3,(H,18,19). The Balaban J connectivity index is 1.97. The molecule has 0 fully saturated rings. The molecule has 0 bridgehead atoms. The van der Waals surface area contributed by atoms with Crippen molar-refractivity contribution in [2.24, 2.45) is 0 Å². The lowest BCUT2D eigenvalue weighted by atomic mass is 10.1. The van der Waals surface area contributed by atoms with Crippen LogP contribution < -0.4 is 10.1 Å². The maximum Gasteiger partial charge on any atom is 0.126 e. The van der Waals surface area contributed by atoms with E-state index in [1.807, 2.05) is 24.4 Å². The topological polar surface area (TPSA) is 34.1 Å². The molecule has 0 saturated carbocycles. The lowest BCUT2D eigenvalue weighted by Crippen LogP contribution is -2.03. The van der Waals surface area contributed by atoms with E-state index in [1.165, 1.54) is 11.1 Å². The molecular formula is C17H22N2O. The van der Waals surface area contributed by atoms with Gasteiger partial charge in [0.2, 0.25) is 0 Å². The van der Waals surface area contributed by atoms with E-state index >= 15 is 0 Å². The average molecular weight is 270 g/mol. The fourth-order valence-corrected chi connectivity index (χ4v) is 1.88. The van der Waals surface area contributed by atoms with Crippen LogP contribution in [0.1, 0.15) is 30.0 Å². The third-order valence-electron chi connectivity index (χ3n) is 3.26. The van der Waals surface area contributed by atoms with E-state index in [9.17, 15) is 0 Å². The molecule has 2 rings (SSSR count). The molecular weight excluding hydrogens is 248 g/mol. The van der Waals surface area contributed by atoms with Gasteiger partial charge in [-0.05, 0) is 61.2 Å². The number of nitrogens with zero attached hydrogens (tertiary/aromatic N) is 1. The summed E-state index contributed by atoms with van der Waals surface area (Å²) in [6, 6.07) is 10.2. The molecule has 0 aliphatic heterocycles. The van der Waals surface area contributed by atoms with E-state index in [4.69, 9.17) is 4.74 Å². The van der Waals surface area contributed by atoms with Crippen LogP contribution in [-0.4, -0.2) is 11.5 Å². The van der Waals surface area contributed by atoms with Gasteiger partial charge < -0.3 is 10.1 Å². The van der Waals surface area contributed by atoms with E-state index in [1.54, 1.807) is 0 Å². The Morgan fingerprint density at radius 2 is 1.95 bits per heavy atom. The van der Waals surface area contributed by atoms with Gasteiger partial charge in [-0.3, -0.25) is 0 Å². The van der Waals surface area contributed by atoms with Crippen molar-refractivity contribution in [1.82, 2.24) is 4.98 Å². The highest BCUT2D eigenvalue weighted by Gasteiger charge is 2.00. The zero-order valence-corrected chi connectivity index (χ0v) is 12.4. The molecule has 0 atom stereocenters. The predicted octanol–water partition coefficient (Wildman–Crippen LogP) is 4.10. The maximum absolute atomic E-state index is 5.83. The summed E-state index contributed by atoms with van der Waals surface area (Å²) in [5.74, 6) is 1.82. The molecule has 1 N–H and O–H groups in total. The first-order valence-electron chi connectivity index (χ1n) is 7.08. The van der Waals surface area contributed by atoms with Crippen LogP contribution in [0.15, 0.2) is 36.5 Å². The third-order valence-corrected chi connectivity index (χ3v) is 3.26. The molecule has 2 aromatic rings. The van der Waals surface area contributed by atoms with E-state index in [0.29, 0.717) is 6.61 Å². The van der Waals surface area contributed by atoms with Crippen LogP contribution in [0.4, 0.5) is 5.82 Å². The minimum atomic E-state index is 0.561. The second-order valence-corrected chi connectivity index (χ2v) is 5.01. The van der Waals surface area contributed by atoms with E-state index in [-0.39, 0.29) is 0 Å². The first-order valence-corrected chi connectivity index (χ1v) is 7.08. The monoisotopic (exact) mass is 270 g/mol. The van der Waals surface area contributed by atoms with Gasteiger partial charge in [-0.15, -0.1) is 0 Å². The Bertz CT molecular complexity index is 567. The van der Waals surface area contributed by atoms with Crippen molar-refractivity contribution in [3.63, 3.8) is 0 Å². The van der Waals surface area contributed by atoms with Crippen molar-refractivity contribution in [3.8, 4) is 5.75 Å². The largest absolute Gasteiger partial charge is 0.489 e. The predicted molar refractivity (Wildman–Crippen MR) is 83.3 cm³/mol. The molecule has 106 valence electrons. The Labute approximate surface area is 121 Å². The Morgan fingerprint density at radius 3 is 2.70 bits per heavy atom. The third kappa shape index (κ3) is 3.98. The molecule has 0 saturated heterocycles. The number of anilines is 1. The average Bonchev–Trinajstić information content (AvgIpc) is 2.47. The molecule has 0 radical (unpaired) electrons. The summed E-state index contributed by atoms with van der Waals surface area (Å²) in [4.78, 5) is 4.29. The van der Waals surface area contributed by atoms with Gasteiger partial charge in [-0.2, -0.15) is 0 Å². The Hall–Kier alpha value is -2.03. The SMILES string of the molecule is CCCNc1cc(COc2ccc(C)c(C)c2)ccn1. The Kier molecular flexibility index (Phi) is 4.99. The van der Waals surface area contributed by atoms with Gasteiger partial charge in [0.05, 0.1) is 0 Å².